The van der Waals surface area contributed by atoms with Gasteiger partial charge in [-0.2, -0.15) is 0 Å². The van der Waals surface area contributed by atoms with Crippen molar-refractivity contribution >= 4 is 11.5 Å². The fourth-order valence-corrected chi connectivity index (χ4v) is 1.68. The quantitative estimate of drug-likeness (QED) is 0.643. The summed E-state index contributed by atoms with van der Waals surface area (Å²) >= 11 is 0. The molecule has 1 atom stereocenters. The molecule has 0 radical (unpaired) electrons. The first-order chi connectivity index (χ1) is 7.74. The Morgan fingerprint density at radius 2 is 2.18 bits per heavy atom. The topological polar surface area (TPSA) is 86.2 Å². The van der Waals surface area contributed by atoms with Crippen molar-refractivity contribution in [3.05, 3.63) is 39.7 Å². The standard InChI is InChI=1S/C11H13FN2O3/c1-7(15)6-11(2,13)9-5-8(14(16)17)3-4-10(9)12/h3-5H,6,13H2,1-2H3/t11-/m0/s1. The van der Waals surface area contributed by atoms with E-state index in [1.54, 1.807) is 0 Å². The Kier molecular flexibility index (Phi) is 3.57. The smallest absolute Gasteiger partial charge is 0.269 e. The first kappa shape index (κ1) is 13.2. The third-order valence-electron chi connectivity index (χ3n) is 2.39. The van der Waals surface area contributed by atoms with Gasteiger partial charge in [0, 0.05) is 29.7 Å². The van der Waals surface area contributed by atoms with Crippen molar-refractivity contribution < 1.29 is 14.1 Å². The van der Waals surface area contributed by atoms with Gasteiger partial charge < -0.3 is 5.73 Å². The summed E-state index contributed by atoms with van der Waals surface area (Å²) in [5.74, 6) is -0.859. The van der Waals surface area contributed by atoms with Gasteiger partial charge in [0.05, 0.1) is 4.92 Å². The molecule has 0 saturated carbocycles. The summed E-state index contributed by atoms with van der Waals surface area (Å²) < 4.78 is 13.6. The van der Waals surface area contributed by atoms with Crippen molar-refractivity contribution in [1.29, 1.82) is 0 Å². The third kappa shape index (κ3) is 3.07. The fraction of sp³-hybridized carbons (Fsp3) is 0.364. The molecule has 92 valence electrons. The van der Waals surface area contributed by atoms with E-state index in [9.17, 15) is 19.3 Å². The molecule has 1 rings (SSSR count). The minimum atomic E-state index is -1.25. The molecule has 0 amide bonds. The SMILES string of the molecule is CC(=O)C[C@](C)(N)c1cc([N+](=O)[O-])ccc1F. The molecule has 0 bridgehead atoms. The number of carbonyl (C=O) groups is 1. The van der Waals surface area contributed by atoms with Crippen LogP contribution < -0.4 is 5.73 Å². The van der Waals surface area contributed by atoms with E-state index in [4.69, 9.17) is 5.73 Å². The van der Waals surface area contributed by atoms with Gasteiger partial charge in [0.25, 0.3) is 5.69 Å². The molecule has 5 nitrogen and oxygen atoms in total. The summed E-state index contributed by atoms with van der Waals surface area (Å²) in [4.78, 5) is 21.0. The first-order valence-electron chi connectivity index (χ1n) is 4.97. The fourth-order valence-electron chi connectivity index (χ4n) is 1.68. The Balaban J connectivity index is 3.24. The van der Waals surface area contributed by atoms with E-state index in [1.807, 2.05) is 0 Å². The number of halogens is 1. The zero-order chi connectivity index (χ0) is 13.2. The van der Waals surface area contributed by atoms with Crippen LogP contribution in [0.15, 0.2) is 18.2 Å². The molecule has 1 aromatic rings. The van der Waals surface area contributed by atoms with Crippen LogP contribution in [0.5, 0.6) is 0 Å². The Bertz CT molecular complexity index is 472. The zero-order valence-corrected chi connectivity index (χ0v) is 9.57. The summed E-state index contributed by atoms with van der Waals surface area (Å²) in [5.41, 5.74) is 4.30. The van der Waals surface area contributed by atoms with Crippen molar-refractivity contribution in [3.8, 4) is 0 Å². The van der Waals surface area contributed by atoms with Gasteiger partial charge >= 0.3 is 0 Å². The molecular formula is C11H13FN2O3. The molecule has 0 spiro atoms. The molecule has 2 N–H and O–H groups in total. The lowest BCUT2D eigenvalue weighted by Gasteiger charge is -2.24. The van der Waals surface area contributed by atoms with Gasteiger partial charge in [-0.3, -0.25) is 14.9 Å². The summed E-state index contributed by atoms with van der Waals surface area (Å²) in [5, 5.41) is 10.6. The van der Waals surface area contributed by atoms with Gasteiger partial charge in [-0.05, 0) is 19.9 Å². The van der Waals surface area contributed by atoms with Gasteiger partial charge in [-0.1, -0.05) is 0 Å². The lowest BCUT2D eigenvalue weighted by Crippen LogP contribution is -2.36. The maximum Gasteiger partial charge on any atom is 0.269 e. The van der Waals surface area contributed by atoms with Crippen molar-refractivity contribution in [2.45, 2.75) is 25.8 Å². The van der Waals surface area contributed by atoms with E-state index in [1.165, 1.54) is 13.8 Å². The number of hydrogen-bond donors (Lipinski definition) is 1. The van der Waals surface area contributed by atoms with Crippen LogP contribution in [-0.4, -0.2) is 10.7 Å². The van der Waals surface area contributed by atoms with Gasteiger partial charge in [-0.15, -0.1) is 0 Å². The van der Waals surface area contributed by atoms with Gasteiger partial charge in [0.2, 0.25) is 0 Å². The van der Waals surface area contributed by atoms with Crippen LogP contribution in [-0.2, 0) is 10.3 Å². The van der Waals surface area contributed by atoms with Crippen LogP contribution in [0.2, 0.25) is 0 Å². The number of nitro benzene ring substituents is 1. The number of carbonyl (C=O) groups excluding carboxylic acids is 1. The Morgan fingerprint density at radius 1 is 1.59 bits per heavy atom. The van der Waals surface area contributed by atoms with Gasteiger partial charge in [-0.25, -0.2) is 4.39 Å². The van der Waals surface area contributed by atoms with Gasteiger partial charge in [0.1, 0.15) is 11.6 Å². The molecule has 0 aliphatic carbocycles. The molecular weight excluding hydrogens is 227 g/mol. The second-order valence-electron chi connectivity index (χ2n) is 4.22. The van der Waals surface area contributed by atoms with Crippen molar-refractivity contribution in [2.75, 3.05) is 0 Å². The van der Waals surface area contributed by atoms with Crippen molar-refractivity contribution in [2.24, 2.45) is 5.73 Å². The van der Waals surface area contributed by atoms with Crippen LogP contribution in [0.3, 0.4) is 0 Å². The lowest BCUT2D eigenvalue weighted by molar-refractivity contribution is -0.385. The maximum absolute atomic E-state index is 13.6. The third-order valence-corrected chi connectivity index (χ3v) is 2.39. The summed E-state index contributed by atoms with van der Waals surface area (Å²) in [6.45, 7) is 2.80. The van der Waals surface area contributed by atoms with Crippen LogP contribution in [0.4, 0.5) is 10.1 Å². The van der Waals surface area contributed by atoms with E-state index < -0.39 is 16.3 Å². The summed E-state index contributed by atoms with van der Waals surface area (Å²) in [6, 6.07) is 3.11. The number of nitrogens with zero attached hydrogens (tertiary/aromatic N) is 1. The Labute approximate surface area is 97.6 Å². The molecule has 0 unspecified atom stereocenters. The number of nitro groups is 1. The largest absolute Gasteiger partial charge is 0.321 e. The van der Waals surface area contributed by atoms with E-state index in [0.717, 1.165) is 18.2 Å². The van der Waals surface area contributed by atoms with Gasteiger partial charge in [0.15, 0.2) is 0 Å². The average Bonchev–Trinajstić information content (AvgIpc) is 2.15. The Hall–Kier alpha value is -1.82. The number of nitrogens with two attached hydrogens (primary N) is 1. The molecule has 6 heteroatoms. The van der Waals surface area contributed by atoms with Crippen LogP contribution in [0.25, 0.3) is 0 Å². The van der Waals surface area contributed by atoms with E-state index in [0.29, 0.717) is 0 Å². The maximum atomic E-state index is 13.6. The molecule has 0 aromatic heterocycles. The van der Waals surface area contributed by atoms with Crippen LogP contribution >= 0.6 is 0 Å². The predicted molar refractivity (Wildman–Crippen MR) is 59.9 cm³/mol. The molecule has 0 saturated heterocycles. The average molecular weight is 240 g/mol. The van der Waals surface area contributed by atoms with Crippen molar-refractivity contribution in [1.82, 2.24) is 0 Å². The minimum Gasteiger partial charge on any atom is -0.321 e. The van der Waals surface area contributed by atoms with E-state index in [-0.39, 0.29) is 23.5 Å². The number of hydrogen-bond acceptors (Lipinski definition) is 4. The molecule has 0 aliphatic rings. The lowest BCUT2D eigenvalue weighted by atomic mass is 9.87. The van der Waals surface area contributed by atoms with E-state index in [2.05, 4.69) is 0 Å². The van der Waals surface area contributed by atoms with Crippen molar-refractivity contribution in [3.63, 3.8) is 0 Å². The predicted octanol–water partition coefficient (Wildman–Crippen LogP) is 1.89. The highest BCUT2D eigenvalue weighted by Gasteiger charge is 2.28. The molecule has 1 aromatic carbocycles. The Morgan fingerprint density at radius 3 is 2.65 bits per heavy atom. The second-order valence-corrected chi connectivity index (χ2v) is 4.22. The summed E-state index contributed by atoms with van der Waals surface area (Å²) in [6.07, 6.45) is -0.0783. The zero-order valence-electron chi connectivity index (χ0n) is 9.57. The number of ketones is 1. The van der Waals surface area contributed by atoms with E-state index >= 15 is 0 Å². The highest BCUT2D eigenvalue weighted by molar-refractivity contribution is 5.77. The highest BCUT2D eigenvalue weighted by Crippen LogP contribution is 2.28. The molecule has 0 aliphatic heterocycles. The highest BCUT2D eigenvalue weighted by atomic mass is 19.1. The summed E-state index contributed by atoms with van der Waals surface area (Å²) in [7, 11) is 0. The normalized spacial score (nSPS) is 14.1. The minimum absolute atomic E-state index is 0.0260. The number of benzene rings is 1. The number of non-ortho nitro benzene ring substituents is 1. The number of Topliss-reactive ketones (excluding diaryl/α,β-unsaturated/α-hetero) is 1. The number of rotatable bonds is 4. The molecule has 0 heterocycles. The first-order valence-corrected chi connectivity index (χ1v) is 4.97. The van der Waals surface area contributed by atoms with Crippen LogP contribution in [0.1, 0.15) is 25.8 Å². The monoisotopic (exact) mass is 240 g/mol. The molecule has 0 fully saturated rings. The van der Waals surface area contributed by atoms with Crippen LogP contribution in [0, 0.1) is 15.9 Å². The molecule has 17 heavy (non-hydrogen) atoms. The second kappa shape index (κ2) is 4.58.